The van der Waals surface area contributed by atoms with E-state index >= 15 is 0 Å². The largest absolute Gasteiger partial charge is 6.00 e. The smallest absolute Gasteiger partial charge is 2.00 e. The molecule has 0 N–H and O–H groups in total. The number of pyridine rings is 1. The number of hydrogen-bond acceptors (Lipinski definition) is 6. The van der Waals surface area contributed by atoms with E-state index in [9.17, 15) is 15.0 Å². The second kappa shape index (κ2) is 11.8. The number of carboxylic acids is 1. The number of aliphatic imine (C=N–C) groups is 1. The van der Waals surface area contributed by atoms with Crippen molar-refractivity contribution in [2.45, 2.75) is 6.04 Å². The first-order valence-electron chi connectivity index (χ1n) is 5.23. The molecule has 20 heavy (non-hydrogen) atoms. The standard InChI is InChI=1S/C11H14N3O3S.O.Tc/c15-10(8-3-1-2-4-12-8)14-6-5-13-9(7-18)11(16)17;;/h1-4,9,18H,5-7H2,(H,14,15)(H,16,17);;/q-1;-2;+6/p-3/i;;1+1. The number of nitrogens with zero attached hydrogens (tertiary/aromatic N) is 3. The van der Waals surface area contributed by atoms with Gasteiger partial charge in [-0.1, -0.05) is 6.07 Å². The predicted molar refractivity (Wildman–Crippen MR) is 65.6 cm³/mol. The van der Waals surface area contributed by atoms with Gasteiger partial charge >= 0.3 is 20.1 Å². The zero-order chi connectivity index (χ0) is 13.4. The SMILES string of the molecule is O=C([O-])C(C[S-])[N-]CCN=C([O-])c1ccccn1.[99Tc+6].[O-2]. The van der Waals surface area contributed by atoms with Gasteiger partial charge in [0, 0.05) is 24.6 Å². The molecule has 1 radical (unpaired) electrons. The number of carbonyl (C=O) groups excluding carboxylic acids is 1. The topological polar surface area (TPSA) is 131 Å². The van der Waals surface area contributed by atoms with E-state index in [0.29, 0.717) is 0 Å². The van der Waals surface area contributed by atoms with E-state index in [1.807, 2.05) is 0 Å². The molecule has 1 atom stereocenters. The van der Waals surface area contributed by atoms with Crippen LogP contribution < -0.4 is 10.2 Å². The molecule has 9 heteroatoms. The van der Waals surface area contributed by atoms with Crippen molar-refractivity contribution in [3.63, 3.8) is 0 Å². The molecule has 0 aromatic carbocycles. The summed E-state index contributed by atoms with van der Waals surface area (Å²) in [5.41, 5.74) is 0.247. The van der Waals surface area contributed by atoms with E-state index in [4.69, 9.17) is 0 Å². The molecule has 1 unspecified atom stereocenters. The maximum absolute atomic E-state index is 11.5. The molecule has 0 saturated heterocycles. The molecule has 1 heterocycles. The second-order valence-electron chi connectivity index (χ2n) is 3.31. The summed E-state index contributed by atoms with van der Waals surface area (Å²) < 4.78 is 0. The Bertz CT molecular complexity index is 419. The summed E-state index contributed by atoms with van der Waals surface area (Å²) in [6.07, 6.45) is 1.50. The number of aliphatic carboxylic acids is 1. The fourth-order valence-corrected chi connectivity index (χ4v) is 1.37. The van der Waals surface area contributed by atoms with Crippen LogP contribution in [0.15, 0.2) is 29.4 Å². The molecule has 107 valence electrons. The van der Waals surface area contributed by atoms with Gasteiger partial charge in [-0.15, -0.1) is 12.6 Å². The summed E-state index contributed by atoms with van der Waals surface area (Å²) in [6.45, 7) is 0.225. The monoisotopic (exact) mass is 380 g/mol. The minimum atomic E-state index is -1.30. The molecule has 0 saturated carbocycles. The summed E-state index contributed by atoms with van der Waals surface area (Å²) in [5, 5.41) is 25.7. The fourth-order valence-electron chi connectivity index (χ4n) is 1.13. The summed E-state index contributed by atoms with van der Waals surface area (Å²) in [6, 6.07) is 3.92. The molecule has 0 spiro atoms. The Morgan fingerprint density at radius 1 is 1.45 bits per heavy atom. The zero-order valence-corrected chi connectivity index (χ0v) is 12.9. The molecule has 7 nitrogen and oxygen atoms in total. The van der Waals surface area contributed by atoms with Crippen molar-refractivity contribution in [2.24, 2.45) is 4.99 Å². The van der Waals surface area contributed by atoms with Gasteiger partial charge in [0.15, 0.2) is 0 Å². The Kier molecular flexibility index (Phi) is 12.6. The molecule has 0 fully saturated rings. The van der Waals surface area contributed by atoms with E-state index < -0.39 is 17.9 Å². The Morgan fingerprint density at radius 3 is 2.65 bits per heavy atom. The van der Waals surface area contributed by atoms with Crippen LogP contribution in [0, 0.1) is 0 Å². The maximum Gasteiger partial charge on any atom is 6.00 e. The summed E-state index contributed by atoms with van der Waals surface area (Å²) >= 11 is 4.61. The van der Waals surface area contributed by atoms with Crippen LogP contribution in [-0.4, -0.2) is 41.7 Å². The molecule has 1 rings (SSSR count). The number of aromatic nitrogens is 1. The van der Waals surface area contributed by atoms with Crippen molar-refractivity contribution >= 4 is 24.5 Å². The van der Waals surface area contributed by atoms with E-state index in [1.54, 1.807) is 18.2 Å². The molecular formula is C11H11N3O4STc. The van der Waals surface area contributed by atoms with Gasteiger partial charge in [-0.25, -0.2) is 0 Å². The zero-order valence-electron chi connectivity index (χ0n) is 10.3. The molecular weight excluding hydrogens is 369 g/mol. The van der Waals surface area contributed by atoms with Crippen molar-refractivity contribution in [2.75, 3.05) is 18.8 Å². The molecule has 0 aliphatic heterocycles. The third-order valence-electron chi connectivity index (χ3n) is 2.02. The third kappa shape index (κ3) is 7.56. The van der Waals surface area contributed by atoms with E-state index in [0.717, 1.165) is 0 Å². The number of hydrogen-bond donors (Lipinski definition) is 0. The van der Waals surface area contributed by atoms with Crippen LogP contribution in [0.5, 0.6) is 0 Å². The van der Waals surface area contributed by atoms with Gasteiger partial charge in [0.2, 0.25) is 0 Å². The van der Waals surface area contributed by atoms with Gasteiger partial charge in [0.05, 0.1) is 5.69 Å². The van der Waals surface area contributed by atoms with Crippen LogP contribution in [0.3, 0.4) is 0 Å². The Morgan fingerprint density at radius 2 is 2.15 bits per heavy atom. The van der Waals surface area contributed by atoms with Crippen LogP contribution in [0.2, 0.25) is 0 Å². The summed E-state index contributed by atoms with van der Waals surface area (Å²) in [7, 11) is 0. The molecule has 0 aliphatic carbocycles. The van der Waals surface area contributed by atoms with Crippen LogP contribution in [0.25, 0.3) is 5.32 Å². The van der Waals surface area contributed by atoms with Crippen molar-refractivity contribution in [3.05, 3.63) is 35.4 Å². The van der Waals surface area contributed by atoms with E-state index in [1.165, 1.54) is 6.20 Å². The first-order chi connectivity index (χ1) is 8.65. The van der Waals surface area contributed by atoms with Crippen molar-refractivity contribution in [3.8, 4) is 0 Å². The van der Waals surface area contributed by atoms with E-state index in [-0.39, 0.29) is 50.1 Å². The maximum atomic E-state index is 11.5. The predicted octanol–water partition coefficient (Wildman–Crippen LogP) is -1.89. The Balaban J connectivity index is 0. The molecule has 0 bridgehead atoms. The minimum Gasteiger partial charge on any atom is -2.00 e. The number of carbonyl (C=O) groups is 1. The van der Waals surface area contributed by atoms with Crippen LogP contribution in [0.4, 0.5) is 0 Å². The van der Waals surface area contributed by atoms with E-state index in [2.05, 4.69) is 27.9 Å². The quantitative estimate of drug-likeness (QED) is 0.236. The Hall–Kier alpha value is -0.991. The second-order valence-corrected chi connectivity index (χ2v) is 3.64. The minimum absolute atomic E-state index is 0. The fraction of sp³-hybridized carbons (Fsp3) is 0.364. The average Bonchev–Trinajstić information content (AvgIpc) is 2.39. The van der Waals surface area contributed by atoms with Gasteiger partial charge in [0.25, 0.3) is 0 Å². The van der Waals surface area contributed by atoms with Gasteiger partial charge in [-0.2, -0.15) is 5.75 Å². The first kappa shape index (κ1) is 21.3. The number of carboxylic acid groups (broad SMARTS) is 1. The molecule has 0 amide bonds. The van der Waals surface area contributed by atoms with Gasteiger partial charge in [-0.05, 0) is 12.1 Å². The summed E-state index contributed by atoms with van der Waals surface area (Å²) in [4.78, 5) is 18.1. The Labute approximate surface area is 135 Å². The molecule has 1 aromatic rings. The normalized spacial score (nSPS) is 11.9. The first-order valence-corrected chi connectivity index (χ1v) is 5.81. The summed E-state index contributed by atoms with van der Waals surface area (Å²) in [5.74, 6) is -1.80. The van der Waals surface area contributed by atoms with Crippen LogP contribution in [-0.2, 0) is 43.0 Å². The van der Waals surface area contributed by atoms with Crippen molar-refractivity contribution in [1.82, 2.24) is 4.98 Å². The van der Waals surface area contributed by atoms with Crippen molar-refractivity contribution in [1.29, 1.82) is 0 Å². The van der Waals surface area contributed by atoms with Gasteiger partial charge < -0.3 is 43.4 Å². The third-order valence-corrected chi connectivity index (χ3v) is 2.33. The number of rotatable bonds is 7. The molecule has 0 aliphatic rings. The van der Waals surface area contributed by atoms with Gasteiger partial charge in [0.1, 0.15) is 0 Å². The molecule has 1 aromatic heterocycles. The van der Waals surface area contributed by atoms with Gasteiger partial charge in [-0.3, -0.25) is 4.98 Å². The van der Waals surface area contributed by atoms with Crippen LogP contribution in [0.1, 0.15) is 5.69 Å². The van der Waals surface area contributed by atoms with Crippen molar-refractivity contribution < 1.29 is 40.6 Å². The van der Waals surface area contributed by atoms with Crippen LogP contribution >= 0.6 is 0 Å². The average molecular weight is 380 g/mol.